The summed E-state index contributed by atoms with van der Waals surface area (Å²) in [7, 11) is 1.06. The van der Waals surface area contributed by atoms with Gasteiger partial charge in [0, 0.05) is 12.5 Å². The number of aliphatic carboxylic acids is 1. The van der Waals surface area contributed by atoms with E-state index in [2.05, 4.69) is 15.3 Å². The number of carbonyl (C=O) groups excluding carboxylic acids is 1. The molecule has 0 aromatic heterocycles. The van der Waals surface area contributed by atoms with Crippen molar-refractivity contribution in [3.05, 3.63) is 38.4 Å². The second-order valence-corrected chi connectivity index (χ2v) is 4.27. The van der Waals surface area contributed by atoms with Crippen molar-refractivity contribution in [3.8, 4) is 0 Å². The molecule has 0 aliphatic heterocycles. The predicted octanol–water partition coefficient (Wildman–Crippen LogP) is 1.31. The number of anilines is 1. The number of nitrogens with zero attached hydrogens (tertiary/aromatic N) is 3. The second kappa shape index (κ2) is 8.17. The predicted molar refractivity (Wildman–Crippen MR) is 79.7 cm³/mol. The van der Waals surface area contributed by atoms with E-state index in [1.54, 1.807) is 0 Å². The Kier molecular flexibility index (Phi) is 6.29. The highest BCUT2D eigenvalue weighted by molar-refractivity contribution is 6.36. The Bertz CT molecular complexity index is 715. The Hall–Kier alpha value is -3.57. The van der Waals surface area contributed by atoms with Crippen LogP contribution in [-0.2, 0) is 14.3 Å². The minimum absolute atomic E-state index is 0.206. The normalized spacial score (nSPS) is 10.8. The maximum absolute atomic E-state index is 11.5. The van der Waals surface area contributed by atoms with Crippen LogP contribution in [0, 0.1) is 20.2 Å². The second-order valence-electron chi connectivity index (χ2n) is 4.27. The highest BCUT2D eigenvalue weighted by Gasteiger charge is 2.20. The number of hydrazone groups is 1. The van der Waals surface area contributed by atoms with Crippen LogP contribution in [0.1, 0.15) is 12.8 Å². The van der Waals surface area contributed by atoms with Crippen LogP contribution in [0.3, 0.4) is 0 Å². The van der Waals surface area contributed by atoms with Crippen LogP contribution in [0.5, 0.6) is 0 Å². The van der Waals surface area contributed by atoms with E-state index in [0.29, 0.717) is 0 Å². The lowest BCUT2D eigenvalue weighted by Crippen LogP contribution is -2.19. The van der Waals surface area contributed by atoms with Gasteiger partial charge in [0.1, 0.15) is 11.4 Å². The first-order valence-electron chi connectivity index (χ1n) is 6.31. The number of carboxylic acids is 1. The molecule has 0 heterocycles. The first kappa shape index (κ1) is 18.5. The van der Waals surface area contributed by atoms with Gasteiger partial charge in [-0.05, 0) is 6.07 Å². The molecule has 0 saturated carbocycles. The van der Waals surface area contributed by atoms with Gasteiger partial charge in [0.05, 0.1) is 29.4 Å². The molecular formula is C12H12N4O8. The SMILES string of the molecule is COC(=O)C(CCC(=O)O)=NNc1ccc([N+](=O)[O-])cc1[N+](=O)[O-]. The van der Waals surface area contributed by atoms with Crippen molar-refractivity contribution in [2.24, 2.45) is 5.10 Å². The summed E-state index contributed by atoms with van der Waals surface area (Å²) >= 11 is 0. The zero-order valence-electron chi connectivity index (χ0n) is 12.3. The molecule has 0 saturated heterocycles. The lowest BCUT2D eigenvalue weighted by Gasteiger charge is -2.05. The van der Waals surface area contributed by atoms with Crippen molar-refractivity contribution in [1.29, 1.82) is 0 Å². The molecule has 0 fully saturated rings. The van der Waals surface area contributed by atoms with Crippen molar-refractivity contribution in [2.45, 2.75) is 12.8 Å². The van der Waals surface area contributed by atoms with Gasteiger partial charge in [0.2, 0.25) is 0 Å². The van der Waals surface area contributed by atoms with E-state index in [9.17, 15) is 29.8 Å². The van der Waals surface area contributed by atoms with Crippen LogP contribution < -0.4 is 5.43 Å². The number of benzene rings is 1. The fourth-order valence-electron chi connectivity index (χ4n) is 1.55. The van der Waals surface area contributed by atoms with E-state index in [4.69, 9.17) is 5.11 Å². The van der Waals surface area contributed by atoms with E-state index in [-0.39, 0.29) is 17.8 Å². The number of rotatable bonds is 8. The maximum Gasteiger partial charge on any atom is 0.354 e. The summed E-state index contributed by atoms with van der Waals surface area (Å²) in [6.07, 6.45) is -0.673. The van der Waals surface area contributed by atoms with E-state index < -0.39 is 39.6 Å². The van der Waals surface area contributed by atoms with Crippen molar-refractivity contribution < 1.29 is 29.3 Å². The van der Waals surface area contributed by atoms with Gasteiger partial charge in [-0.15, -0.1) is 0 Å². The maximum atomic E-state index is 11.5. The van der Waals surface area contributed by atoms with Gasteiger partial charge in [-0.25, -0.2) is 4.79 Å². The summed E-state index contributed by atoms with van der Waals surface area (Å²) in [6.45, 7) is 0. The van der Waals surface area contributed by atoms with E-state index in [1.165, 1.54) is 0 Å². The number of methoxy groups -OCH3 is 1. The highest BCUT2D eigenvalue weighted by atomic mass is 16.6. The van der Waals surface area contributed by atoms with E-state index >= 15 is 0 Å². The van der Waals surface area contributed by atoms with Crippen molar-refractivity contribution in [1.82, 2.24) is 0 Å². The molecule has 2 N–H and O–H groups in total. The molecular weight excluding hydrogens is 328 g/mol. The first-order valence-corrected chi connectivity index (χ1v) is 6.31. The number of ether oxygens (including phenoxy) is 1. The zero-order valence-corrected chi connectivity index (χ0v) is 12.3. The Morgan fingerprint density at radius 3 is 2.42 bits per heavy atom. The van der Waals surface area contributed by atoms with Crippen molar-refractivity contribution >= 4 is 34.7 Å². The minimum atomic E-state index is -1.17. The highest BCUT2D eigenvalue weighted by Crippen LogP contribution is 2.28. The van der Waals surface area contributed by atoms with Crippen molar-refractivity contribution in [2.75, 3.05) is 12.5 Å². The molecule has 0 bridgehead atoms. The summed E-state index contributed by atoms with van der Waals surface area (Å²) in [5.41, 5.74) is 0.605. The topological polar surface area (TPSA) is 174 Å². The third-order valence-corrected chi connectivity index (χ3v) is 2.70. The first-order chi connectivity index (χ1) is 11.3. The lowest BCUT2D eigenvalue weighted by atomic mass is 10.2. The number of hydrogen-bond donors (Lipinski definition) is 2. The fourth-order valence-corrected chi connectivity index (χ4v) is 1.55. The van der Waals surface area contributed by atoms with Crippen LogP contribution in [0.2, 0.25) is 0 Å². The molecule has 0 aliphatic carbocycles. The molecule has 128 valence electrons. The summed E-state index contributed by atoms with van der Waals surface area (Å²) in [4.78, 5) is 42.0. The van der Waals surface area contributed by atoms with E-state index in [1.807, 2.05) is 0 Å². The number of esters is 1. The van der Waals surface area contributed by atoms with Crippen molar-refractivity contribution in [3.63, 3.8) is 0 Å². The van der Waals surface area contributed by atoms with Crippen LogP contribution >= 0.6 is 0 Å². The number of carbonyl (C=O) groups is 2. The van der Waals surface area contributed by atoms with Gasteiger partial charge >= 0.3 is 17.6 Å². The summed E-state index contributed by atoms with van der Waals surface area (Å²) in [5.74, 6) is -2.08. The molecule has 12 heteroatoms. The molecule has 0 spiro atoms. The molecule has 0 radical (unpaired) electrons. The molecule has 0 amide bonds. The number of nitrogens with one attached hydrogen (secondary N) is 1. The Morgan fingerprint density at radius 1 is 1.25 bits per heavy atom. The third-order valence-electron chi connectivity index (χ3n) is 2.70. The number of hydrogen-bond acceptors (Lipinski definition) is 9. The minimum Gasteiger partial charge on any atom is -0.481 e. The average Bonchev–Trinajstić information content (AvgIpc) is 2.53. The Morgan fingerprint density at radius 2 is 1.92 bits per heavy atom. The van der Waals surface area contributed by atoms with Gasteiger partial charge in [-0.3, -0.25) is 30.4 Å². The third kappa shape index (κ3) is 5.01. The number of non-ortho nitro benzene ring substituents is 1. The van der Waals surface area contributed by atoms with E-state index in [0.717, 1.165) is 25.3 Å². The fraction of sp³-hybridized carbons (Fsp3) is 0.250. The zero-order chi connectivity index (χ0) is 18.3. The smallest absolute Gasteiger partial charge is 0.354 e. The molecule has 1 rings (SSSR count). The van der Waals surface area contributed by atoms with Gasteiger partial charge in [-0.2, -0.15) is 5.10 Å². The Labute approximate surface area is 134 Å². The largest absolute Gasteiger partial charge is 0.481 e. The quantitative estimate of drug-likeness (QED) is 0.306. The Balaban J connectivity index is 3.11. The molecule has 24 heavy (non-hydrogen) atoms. The standard InChI is InChI=1S/C12H12N4O8/c1-24-12(19)9(4-5-11(17)18)14-13-8-3-2-7(15(20)21)6-10(8)16(22)23/h2-3,6,13H,4-5H2,1H3,(H,17,18). The van der Waals surface area contributed by atoms with Gasteiger partial charge < -0.3 is 9.84 Å². The number of nitro groups is 2. The van der Waals surface area contributed by atoms with Gasteiger partial charge in [0.25, 0.3) is 5.69 Å². The molecule has 1 aromatic rings. The summed E-state index contributed by atoms with van der Waals surface area (Å²) < 4.78 is 4.44. The molecule has 0 atom stereocenters. The molecule has 1 aromatic carbocycles. The summed E-state index contributed by atoms with van der Waals surface area (Å²) in [5, 5.41) is 33.8. The number of carboxylic acid groups (broad SMARTS) is 1. The van der Waals surface area contributed by atoms with Crippen LogP contribution in [0.25, 0.3) is 0 Å². The van der Waals surface area contributed by atoms with Crippen LogP contribution in [0.4, 0.5) is 17.1 Å². The summed E-state index contributed by atoms with van der Waals surface area (Å²) in [6, 6.07) is 2.79. The van der Waals surface area contributed by atoms with Gasteiger partial charge in [0.15, 0.2) is 0 Å². The molecule has 0 unspecified atom stereocenters. The molecule has 12 nitrogen and oxygen atoms in total. The average molecular weight is 340 g/mol. The monoisotopic (exact) mass is 340 g/mol. The molecule has 0 aliphatic rings. The van der Waals surface area contributed by atoms with Crippen LogP contribution in [-0.4, -0.2) is 39.7 Å². The van der Waals surface area contributed by atoms with Crippen LogP contribution in [0.15, 0.2) is 23.3 Å². The number of nitro benzene ring substituents is 2. The van der Waals surface area contributed by atoms with Gasteiger partial charge in [-0.1, -0.05) is 0 Å². The lowest BCUT2D eigenvalue weighted by molar-refractivity contribution is -0.393.